The number of halogens is 1. The number of hydrogen-bond acceptors (Lipinski definition) is 3. The van der Waals surface area contributed by atoms with Crippen molar-refractivity contribution < 1.29 is 13.2 Å². The number of piperidine rings is 1. The quantitative estimate of drug-likeness (QED) is 0.758. The maximum Gasteiger partial charge on any atom is 0.254 e. The molecule has 0 aromatic heterocycles. The standard InChI is InChI=1S/C20H27ClN2O3S/c21-17-9-8-16(14-19(17)27(25,26)22-11-4-1-5-12-22)20(24)23-13-10-15-6-2-3-7-18(15)23/h8-9,14-15,18H,1-7,10-13H2. The lowest BCUT2D eigenvalue weighted by Gasteiger charge is -2.32. The van der Waals surface area contributed by atoms with Crippen molar-refractivity contribution >= 4 is 27.5 Å². The van der Waals surface area contributed by atoms with E-state index in [1.54, 1.807) is 12.1 Å². The van der Waals surface area contributed by atoms with Crippen molar-refractivity contribution in [1.82, 2.24) is 9.21 Å². The Kier molecular flexibility index (Phi) is 5.50. The molecule has 0 N–H and O–H groups in total. The maximum atomic E-state index is 13.1. The average molecular weight is 411 g/mol. The summed E-state index contributed by atoms with van der Waals surface area (Å²) in [5, 5.41) is 0.189. The lowest BCUT2D eigenvalue weighted by molar-refractivity contribution is 0.0690. The number of hydrogen-bond donors (Lipinski definition) is 0. The molecule has 3 aliphatic rings. The molecule has 1 saturated carbocycles. The zero-order valence-electron chi connectivity index (χ0n) is 15.6. The molecule has 1 aliphatic carbocycles. The van der Waals surface area contributed by atoms with Crippen LogP contribution in [0.15, 0.2) is 23.1 Å². The number of fused-ring (bicyclic) bond motifs is 1. The van der Waals surface area contributed by atoms with Crippen LogP contribution in [0.4, 0.5) is 0 Å². The summed E-state index contributed by atoms with van der Waals surface area (Å²) < 4.78 is 27.6. The second-order valence-corrected chi connectivity index (χ2v) is 10.3. The van der Waals surface area contributed by atoms with E-state index in [2.05, 4.69) is 0 Å². The van der Waals surface area contributed by atoms with E-state index in [9.17, 15) is 13.2 Å². The minimum atomic E-state index is -3.66. The molecule has 5 nitrogen and oxygen atoms in total. The van der Waals surface area contributed by atoms with Gasteiger partial charge in [0.25, 0.3) is 5.91 Å². The Hall–Kier alpha value is -1.11. The first-order valence-corrected chi connectivity index (χ1v) is 11.9. The Morgan fingerprint density at radius 1 is 0.963 bits per heavy atom. The molecule has 0 spiro atoms. The van der Waals surface area contributed by atoms with Gasteiger partial charge in [0.15, 0.2) is 0 Å². The van der Waals surface area contributed by atoms with Crippen LogP contribution in [0, 0.1) is 5.92 Å². The van der Waals surface area contributed by atoms with Gasteiger partial charge in [0.2, 0.25) is 10.0 Å². The number of rotatable bonds is 3. The molecule has 27 heavy (non-hydrogen) atoms. The second-order valence-electron chi connectivity index (χ2n) is 8.01. The third kappa shape index (κ3) is 3.64. The summed E-state index contributed by atoms with van der Waals surface area (Å²) in [7, 11) is -3.66. The number of nitrogens with zero attached hydrogens (tertiary/aromatic N) is 2. The van der Waals surface area contributed by atoms with Crippen LogP contribution in [0.5, 0.6) is 0 Å². The molecular formula is C20H27ClN2O3S. The highest BCUT2D eigenvalue weighted by atomic mass is 35.5. The largest absolute Gasteiger partial charge is 0.335 e. The second kappa shape index (κ2) is 7.72. The predicted octanol–water partition coefficient (Wildman–Crippen LogP) is 3.92. The number of carbonyl (C=O) groups excluding carboxylic acids is 1. The molecule has 2 saturated heterocycles. The van der Waals surface area contributed by atoms with E-state index >= 15 is 0 Å². The van der Waals surface area contributed by atoms with Crippen LogP contribution < -0.4 is 0 Å². The summed E-state index contributed by atoms with van der Waals surface area (Å²) in [5.74, 6) is 0.544. The van der Waals surface area contributed by atoms with Crippen molar-refractivity contribution in [3.63, 3.8) is 0 Å². The van der Waals surface area contributed by atoms with Gasteiger partial charge in [-0.3, -0.25) is 4.79 Å². The van der Waals surface area contributed by atoms with Crippen LogP contribution in [-0.4, -0.2) is 49.2 Å². The van der Waals surface area contributed by atoms with Crippen LogP contribution in [0.2, 0.25) is 5.02 Å². The molecule has 0 radical (unpaired) electrons. The molecule has 3 fully saturated rings. The zero-order chi connectivity index (χ0) is 19.0. The van der Waals surface area contributed by atoms with Crippen molar-refractivity contribution in [1.29, 1.82) is 0 Å². The first-order valence-electron chi connectivity index (χ1n) is 10.1. The van der Waals surface area contributed by atoms with Crippen LogP contribution in [0.25, 0.3) is 0 Å². The molecule has 2 heterocycles. The SMILES string of the molecule is O=C(c1ccc(Cl)c(S(=O)(=O)N2CCCCC2)c1)N1CCC2CCCCC21. The van der Waals surface area contributed by atoms with Gasteiger partial charge in [-0.05, 0) is 56.2 Å². The van der Waals surface area contributed by atoms with Gasteiger partial charge >= 0.3 is 0 Å². The van der Waals surface area contributed by atoms with Crippen molar-refractivity contribution in [3.05, 3.63) is 28.8 Å². The van der Waals surface area contributed by atoms with E-state index < -0.39 is 10.0 Å². The van der Waals surface area contributed by atoms with Gasteiger partial charge in [-0.1, -0.05) is 30.9 Å². The molecule has 2 unspecified atom stereocenters. The summed E-state index contributed by atoms with van der Waals surface area (Å²) in [6.45, 7) is 1.81. The van der Waals surface area contributed by atoms with E-state index in [0.29, 0.717) is 30.6 Å². The van der Waals surface area contributed by atoms with Gasteiger partial charge in [-0.25, -0.2) is 8.42 Å². The fourth-order valence-electron chi connectivity index (χ4n) is 4.90. The molecule has 148 valence electrons. The third-order valence-corrected chi connectivity index (χ3v) is 8.76. The minimum Gasteiger partial charge on any atom is -0.335 e. The van der Waals surface area contributed by atoms with Crippen LogP contribution in [-0.2, 0) is 10.0 Å². The van der Waals surface area contributed by atoms with E-state index in [0.717, 1.165) is 38.6 Å². The highest BCUT2D eigenvalue weighted by molar-refractivity contribution is 7.89. The van der Waals surface area contributed by atoms with E-state index in [4.69, 9.17) is 11.6 Å². The number of sulfonamides is 1. The van der Waals surface area contributed by atoms with Crippen molar-refractivity contribution in [2.24, 2.45) is 5.92 Å². The Morgan fingerprint density at radius 2 is 1.70 bits per heavy atom. The van der Waals surface area contributed by atoms with Gasteiger partial charge in [0, 0.05) is 31.2 Å². The van der Waals surface area contributed by atoms with Crippen LogP contribution in [0.1, 0.15) is 61.7 Å². The fourth-order valence-corrected chi connectivity index (χ4v) is 6.92. The monoisotopic (exact) mass is 410 g/mol. The minimum absolute atomic E-state index is 0.0591. The summed E-state index contributed by atoms with van der Waals surface area (Å²) in [6, 6.07) is 5.02. The predicted molar refractivity (Wildman–Crippen MR) is 105 cm³/mol. The molecule has 4 rings (SSSR count). The van der Waals surface area contributed by atoms with Gasteiger partial charge in [0.1, 0.15) is 4.90 Å². The molecule has 0 bridgehead atoms. The molecule has 7 heteroatoms. The maximum absolute atomic E-state index is 13.1. The molecule has 2 atom stereocenters. The number of likely N-dealkylation sites (tertiary alicyclic amines) is 1. The normalized spacial score (nSPS) is 26.8. The number of amides is 1. The molecule has 2 aliphatic heterocycles. The van der Waals surface area contributed by atoms with Crippen molar-refractivity contribution in [2.45, 2.75) is 62.3 Å². The average Bonchev–Trinajstić information content (AvgIpc) is 3.12. The molecule has 1 aromatic rings. The third-order valence-electron chi connectivity index (χ3n) is 6.38. The molecule has 1 amide bonds. The van der Waals surface area contributed by atoms with Crippen LogP contribution >= 0.6 is 11.6 Å². The van der Waals surface area contributed by atoms with Gasteiger partial charge in [0.05, 0.1) is 5.02 Å². The smallest absolute Gasteiger partial charge is 0.254 e. The topological polar surface area (TPSA) is 57.7 Å². The van der Waals surface area contributed by atoms with E-state index in [1.807, 2.05) is 4.90 Å². The highest BCUT2D eigenvalue weighted by Crippen LogP contribution is 2.37. The highest BCUT2D eigenvalue weighted by Gasteiger charge is 2.39. The van der Waals surface area contributed by atoms with Crippen molar-refractivity contribution in [2.75, 3.05) is 19.6 Å². The first kappa shape index (κ1) is 19.2. The number of carbonyl (C=O) groups is 1. The lowest BCUT2D eigenvalue weighted by atomic mass is 9.85. The van der Waals surface area contributed by atoms with Gasteiger partial charge in [-0.15, -0.1) is 0 Å². The Morgan fingerprint density at radius 3 is 2.48 bits per heavy atom. The zero-order valence-corrected chi connectivity index (χ0v) is 17.1. The summed E-state index contributed by atoms with van der Waals surface area (Å²) >= 11 is 6.24. The summed E-state index contributed by atoms with van der Waals surface area (Å²) in [4.78, 5) is 15.2. The van der Waals surface area contributed by atoms with Gasteiger partial charge in [-0.2, -0.15) is 4.31 Å². The Balaban J connectivity index is 1.61. The summed E-state index contributed by atoms with van der Waals surface area (Å²) in [5.41, 5.74) is 0.432. The first-order chi connectivity index (χ1) is 13.0. The summed E-state index contributed by atoms with van der Waals surface area (Å²) in [6.07, 6.45) is 8.52. The van der Waals surface area contributed by atoms with Crippen molar-refractivity contribution in [3.8, 4) is 0 Å². The lowest BCUT2D eigenvalue weighted by Crippen LogP contribution is -2.39. The van der Waals surface area contributed by atoms with Gasteiger partial charge < -0.3 is 4.90 Å². The van der Waals surface area contributed by atoms with E-state index in [1.165, 1.54) is 29.6 Å². The van der Waals surface area contributed by atoms with E-state index in [-0.39, 0.29) is 15.8 Å². The fraction of sp³-hybridized carbons (Fsp3) is 0.650. The Labute approximate surface area is 166 Å². The molecule has 1 aromatic carbocycles. The van der Waals surface area contributed by atoms with Crippen LogP contribution in [0.3, 0.4) is 0 Å². The number of benzene rings is 1. The Bertz CT molecular complexity index is 821. The molecular weight excluding hydrogens is 384 g/mol.